The standard InChI is InChI=1S/C36H38N4O3/c1-25-24-38(22-23-39(25)36(42)33(27-14-6-4-7-15-27)28-16-8-5-9-17-28)26(2)34-37-30-19-11-10-18-29(30)35(41)40(34)31-20-12-13-21-32(31)43-3/h4-21,25-26,29-30,33H,22-24H2,1-3H3. The number of para-hydroxylation sites is 2. The first kappa shape index (κ1) is 28.6. The molecule has 1 fully saturated rings. The molecule has 3 aromatic carbocycles. The van der Waals surface area contributed by atoms with E-state index < -0.39 is 0 Å². The number of carbonyl (C=O) groups excluding carboxylic acids is 2. The van der Waals surface area contributed by atoms with Crippen LogP contribution in [0.3, 0.4) is 0 Å². The number of hydrogen-bond acceptors (Lipinski definition) is 5. The molecule has 4 atom stereocenters. The van der Waals surface area contributed by atoms with Gasteiger partial charge < -0.3 is 9.64 Å². The van der Waals surface area contributed by atoms with Crippen molar-refractivity contribution >= 4 is 23.3 Å². The minimum Gasteiger partial charge on any atom is -0.495 e. The van der Waals surface area contributed by atoms with Gasteiger partial charge in [0.2, 0.25) is 11.8 Å². The van der Waals surface area contributed by atoms with Crippen LogP contribution in [0, 0.1) is 5.92 Å². The molecule has 3 aliphatic rings. The lowest BCUT2D eigenvalue weighted by atomic mass is 9.89. The first-order valence-electron chi connectivity index (χ1n) is 15.0. The predicted octanol–water partition coefficient (Wildman–Crippen LogP) is 5.30. The van der Waals surface area contributed by atoms with Crippen molar-refractivity contribution in [3.8, 4) is 5.75 Å². The highest BCUT2D eigenvalue weighted by Gasteiger charge is 2.43. The Balaban J connectivity index is 1.27. The van der Waals surface area contributed by atoms with Gasteiger partial charge in [-0.05, 0) is 37.1 Å². The fourth-order valence-electron chi connectivity index (χ4n) is 6.53. The summed E-state index contributed by atoms with van der Waals surface area (Å²) in [5.74, 6) is 0.711. The van der Waals surface area contributed by atoms with E-state index in [1.54, 1.807) is 12.0 Å². The van der Waals surface area contributed by atoms with Crippen LogP contribution < -0.4 is 9.64 Å². The summed E-state index contributed by atoms with van der Waals surface area (Å²) in [6.45, 7) is 6.15. The Morgan fingerprint density at radius 3 is 2.16 bits per heavy atom. The minimum absolute atomic E-state index is 0.0117. The van der Waals surface area contributed by atoms with Gasteiger partial charge in [-0.15, -0.1) is 0 Å². The van der Waals surface area contributed by atoms with Crippen molar-refractivity contribution in [1.82, 2.24) is 9.80 Å². The number of nitrogens with zero attached hydrogens (tertiary/aromatic N) is 4. The maximum absolute atomic E-state index is 14.2. The molecule has 0 saturated carbocycles. The van der Waals surface area contributed by atoms with Gasteiger partial charge in [0, 0.05) is 25.7 Å². The van der Waals surface area contributed by atoms with Crippen LogP contribution in [0.15, 0.2) is 114 Å². The number of methoxy groups -OCH3 is 1. The number of hydrogen-bond donors (Lipinski definition) is 0. The van der Waals surface area contributed by atoms with Crippen LogP contribution in [0.4, 0.5) is 5.69 Å². The molecule has 4 unspecified atom stereocenters. The van der Waals surface area contributed by atoms with Crippen molar-refractivity contribution in [2.45, 2.75) is 37.9 Å². The van der Waals surface area contributed by atoms with Crippen LogP contribution in [-0.2, 0) is 9.59 Å². The number of carbonyl (C=O) groups is 2. The highest BCUT2D eigenvalue weighted by Crippen LogP contribution is 2.36. The van der Waals surface area contributed by atoms with Crippen molar-refractivity contribution in [1.29, 1.82) is 0 Å². The molecule has 6 rings (SSSR count). The van der Waals surface area contributed by atoms with Crippen molar-refractivity contribution in [3.63, 3.8) is 0 Å². The van der Waals surface area contributed by atoms with E-state index in [4.69, 9.17) is 9.73 Å². The number of benzene rings is 3. The number of amidine groups is 1. The summed E-state index contributed by atoms with van der Waals surface area (Å²) in [6, 6.07) is 27.2. The van der Waals surface area contributed by atoms with Crippen LogP contribution in [0.1, 0.15) is 30.9 Å². The molecule has 0 radical (unpaired) electrons. The topological polar surface area (TPSA) is 65.5 Å². The maximum atomic E-state index is 14.2. The Morgan fingerprint density at radius 2 is 1.51 bits per heavy atom. The Bertz CT molecular complexity index is 1510. The number of allylic oxidation sites excluding steroid dienone is 2. The van der Waals surface area contributed by atoms with E-state index in [0.717, 1.165) is 11.1 Å². The van der Waals surface area contributed by atoms with Crippen molar-refractivity contribution in [3.05, 3.63) is 120 Å². The first-order chi connectivity index (χ1) is 21.0. The molecule has 0 N–H and O–H groups in total. The average Bonchev–Trinajstić information content (AvgIpc) is 3.05. The van der Waals surface area contributed by atoms with E-state index in [1.165, 1.54) is 0 Å². The quantitative estimate of drug-likeness (QED) is 0.384. The van der Waals surface area contributed by atoms with Gasteiger partial charge in [0.15, 0.2) is 0 Å². The van der Waals surface area contributed by atoms with Crippen LogP contribution in [0.5, 0.6) is 5.75 Å². The Kier molecular flexibility index (Phi) is 8.25. The summed E-state index contributed by atoms with van der Waals surface area (Å²) in [5.41, 5.74) is 2.68. The van der Waals surface area contributed by atoms with Gasteiger partial charge in [-0.3, -0.25) is 24.4 Å². The molecule has 1 saturated heterocycles. The summed E-state index contributed by atoms with van der Waals surface area (Å²) in [7, 11) is 1.62. The second kappa shape index (κ2) is 12.4. The molecule has 0 aromatic heterocycles. The lowest BCUT2D eigenvalue weighted by Gasteiger charge is -2.46. The van der Waals surface area contributed by atoms with E-state index in [1.807, 2.05) is 114 Å². The van der Waals surface area contributed by atoms with Crippen LogP contribution in [0.2, 0.25) is 0 Å². The largest absolute Gasteiger partial charge is 0.495 e. The molecule has 7 heteroatoms. The van der Waals surface area contributed by atoms with Gasteiger partial charge in [0.25, 0.3) is 0 Å². The van der Waals surface area contributed by atoms with Gasteiger partial charge in [0.05, 0.1) is 36.7 Å². The molecular weight excluding hydrogens is 536 g/mol. The van der Waals surface area contributed by atoms with Crippen LogP contribution in [-0.4, -0.2) is 72.3 Å². The van der Waals surface area contributed by atoms with Crippen LogP contribution >= 0.6 is 0 Å². The number of anilines is 1. The number of aliphatic imine (C=N–C) groups is 1. The van der Waals surface area contributed by atoms with E-state index in [2.05, 4.69) is 18.7 Å². The third kappa shape index (κ3) is 5.53. The number of ether oxygens (including phenoxy) is 1. The first-order valence-corrected chi connectivity index (χ1v) is 15.0. The van der Waals surface area contributed by atoms with E-state index in [-0.39, 0.29) is 41.8 Å². The fourth-order valence-corrected chi connectivity index (χ4v) is 6.53. The van der Waals surface area contributed by atoms with E-state index in [9.17, 15) is 9.59 Å². The normalized spacial score (nSPS) is 22.7. The molecule has 2 heterocycles. The monoisotopic (exact) mass is 574 g/mol. The molecule has 0 bridgehead atoms. The number of rotatable bonds is 7. The molecule has 220 valence electrons. The zero-order valence-electron chi connectivity index (χ0n) is 24.9. The van der Waals surface area contributed by atoms with Crippen molar-refractivity contribution in [2.75, 3.05) is 31.6 Å². The minimum atomic E-state index is -0.363. The lowest BCUT2D eigenvalue weighted by Crippen LogP contribution is -2.61. The highest BCUT2D eigenvalue weighted by atomic mass is 16.5. The Hall–Kier alpha value is -4.49. The zero-order valence-corrected chi connectivity index (χ0v) is 24.9. The SMILES string of the molecule is COc1ccccc1N1C(=O)C2C=CC=CC2N=C1C(C)N1CCN(C(=O)C(c2ccccc2)c2ccccc2)C(C)C1. The zero-order chi connectivity index (χ0) is 29.9. The molecule has 7 nitrogen and oxygen atoms in total. The van der Waals surface area contributed by atoms with Gasteiger partial charge in [-0.2, -0.15) is 0 Å². The molecule has 2 aliphatic heterocycles. The molecule has 0 spiro atoms. The van der Waals surface area contributed by atoms with Crippen molar-refractivity contribution in [2.24, 2.45) is 10.9 Å². The summed E-state index contributed by atoms with van der Waals surface area (Å²) in [5, 5.41) is 0. The Labute approximate surface area is 253 Å². The Morgan fingerprint density at radius 1 is 0.884 bits per heavy atom. The number of piperazine rings is 1. The number of fused-ring (bicyclic) bond motifs is 1. The maximum Gasteiger partial charge on any atom is 0.242 e. The summed E-state index contributed by atoms with van der Waals surface area (Å²) in [4.78, 5) is 39.5. The molecular formula is C36H38N4O3. The number of amides is 2. The second-order valence-electron chi connectivity index (χ2n) is 11.4. The molecule has 1 aliphatic carbocycles. The van der Waals surface area contributed by atoms with Crippen molar-refractivity contribution < 1.29 is 14.3 Å². The van der Waals surface area contributed by atoms with Gasteiger partial charge in [-0.1, -0.05) is 97.1 Å². The van der Waals surface area contributed by atoms with Crippen LogP contribution in [0.25, 0.3) is 0 Å². The summed E-state index contributed by atoms with van der Waals surface area (Å²) >= 11 is 0. The second-order valence-corrected chi connectivity index (χ2v) is 11.4. The molecule has 3 aromatic rings. The smallest absolute Gasteiger partial charge is 0.242 e. The van der Waals surface area contributed by atoms with E-state index >= 15 is 0 Å². The summed E-state index contributed by atoms with van der Waals surface area (Å²) < 4.78 is 5.67. The van der Waals surface area contributed by atoms with Gasteiger partial charge in [0.1, 0.15) is 11.6 Å². The van der Waals surface area contributed by atoms with Gasteiger partial charge in [-0.25, -0.2) is 0 Å². The fraction of sp³-hybridized carbons (Fsp3) is 0.306. The highest BCUT2D eigenvalue weighted by molar-refractivity contribution is 6.22. The summed E-state index contributed by atoms with van der Waals surface area (Å²) in [6.07, 6.45) is 7.81. The predicted molar refractivity (Wildman–Crippen MR) is 170 cm³/mol. The van der Waals surface area contributed by atoms with E-state index in [0.29, 0.717) is 36.9 Å². The lowest BCUT2D eigenvalue weighted by molar-refractivity contribution is -0.136. The van der Waals surface area contributed by atoms with Gasteiger partial charge >= 0.3 is 0 Å². The third-order valence-corrected chi connectivity index (χ3v) is 8.82. The molecule has 2 amide bonds. The average molecular weight is 575 g/mol. The third-order valence-electron chi connectivity index (χ3n) is 8.82. The molecule has 43 heavy (non-hydrogen) atoms.